The Morgan fingerprint density at radius 1 is 0.929 bits per heavy atom. The van der Waals surface area contributed by atoms with E-state index in [0.717, 1.165) is 17.7 Å². The highest BCUT2D eigenvalue weighted by Crippen LogP contribution is 2.27. The van der Waals surface area contributed by atoms with Gasteiger partial charge in [-0.1, -0.05) is 36.2 Å². The summed E-state index contributed by atoms with van der Waals surface area (Å²) in [7, 11) is 0. The second-order valence-electron chi connectivity index (χ2n) is 7.87. The van der Waals surface area contributed by atoms with E-state index in [2.05, 4.69) is 66.2 Å². The quantitative estimate of drug-likeness (QED) is 0.620. The summed E-state index contributed by atoms with van der Waals surface area (Å²) in [5, 5.41) is 3.01. The van der Waals surface area contributed by atoms with Gasteiger partial charge in [0.2, 0.25) is 0 Å². The molecule has 0 bridgehead atoms. The molecule has 0 atom stereocenters. The molecule has 0 radical (unpaired) electrons. The summed E-state index contributed by atoms with van der Waals surface area (Å²) in [6, 6.07) is 18.6. The van der Waals surface area contributed by atoms with Crippen molar-refractivity contribution in [2.75, 3.05) is 0 Å². The van der Waals surface area contributed by atoms with Crippen LogP contribution in [-0.4, -0.2) is 10.5 Å². The van der Waals surface area contributed by atoms with Crippen molar-refractivity contribution >= 4 is 5.91 Å². The zero-order valence-corrected chi connectivity index (χ0v) is 16.8. The SMILES string of the molecule is Cc1ccc(CNC(=O)c2ccc(-n3c(C)cc4c3CCCCC4)cc2)cc1. The molecule has 1 aliphatic carbocycles. The van der Waals surface area contributed by atoms with Gasteiger partial charge in [0.1, 0.15) is 0 Å². The summed E-state index contributed by atoms with van der Waals surface area (Å²) < 4.78 is 2.37. The third-order valence-electron chi connectivity index (χ3n) is 5.70. The van der Waals surface area contributed by atoms with Crippen LogP contribution in [0.5, 0.6) is 0 Å². The van der Waals surface area contributed by atoms with E-state index >= 15 is 0 Å². The Kier molecular flexibility index (Phi) is 5.34. The third kappa shape index (κ3) is 3.89. The molecule has 3 heteroatoms. The number of hydrogen-bond acceptors (Lipinski definition) is 1. The van der Waals surface area contributed by atoms with Crippen molar-refractivity contribution in [1.29, 1.82) is 0 Å². The fourth-order valence-corrected chi connectivity index (χ4v) is 4.14. The molecule has 144 valence electrons. The van der Waals surface area contributed by atoms with Crippen LogP contribution in [-0.2, 0) is 19.4 Å². The Balaban J connectivity index is 1.49. The molecule has 1 amide bonds. The maximum atomic E-state index is 12.5. The molecule has 2 aromatic carbocycles. The first-order chi connectivity index (χ1) is 13.6. The van der Waals surface area contributed by atoms with Gasteiger partial charge in [-0.05, 0) is 81.0 Å². The van der Waals surface area contributed by atoms with Crippen LogP contribution in [0.3, 0.4) is 0 Å². The predicted molar refractivity (Wildman–Crippen MR) is 114 cm³/mol. The molecule has 0 saturated carbocycles. The topological polar surface area (TPSA) is 34.0 Å². The zero-order chi connectivity index (χ0) is 19.5. The van der Waals surface area contributed by atoms with E-state index < -0.39 is 0 Å². The van der Waals surface area contributed by atoms with Gasteiger partial charge in [0.05, 0.1) is 0 Å². The third-order valence-corrected chi connectivity index (χ3v) is 5.70. The fraction of sp³-hybridized carbons (Fsp3) is 0.320. The van der Waals surface area contributed by atoms with E-state index in [4.69, 9.17) is 0 Å². The van der Waals surface area contributed by atoms with E-state index in [1.165, 1.54) is 48.2 Å². The molecule has 0 aliphatic heterocycles. The minimum absolute atomic E-state index is 0.0322. The number of carbonyl (C=O) groups is 1. The van der Waals surface area contributed by atoms with Crippen LogP contribution in [0, 0.1) is 13.8 Å². The van der Waals surface area contributed by atoms with Gasteiger partial charge in [-0.15, -0.1) is 0 Å². The van der Waals surface area contributed by atoms with Crippen molar-refractivity contribution in [3.63, 3.8) is 0 Å². The van der Waals surface area contributed by atoms with E-state index in [1.54, 1.807) is 0 Å². The van der Waals surface area contributed by atoms with Gasteiger partial charge in [-0.2, -0.15) is 0 Å². The number of nitrogens with one attached hydrogen (secondary N) is 1. The number of amides is 1. The van der Waals surface area contributed by atoms with Gasteiger partial charge in [-0.25, -0.2) is 0 Å². The van der Waals surface area contributed by atoms with Gasteiger partial charge in [0.25, 0.3) is 5.91 Å². The maximum absolute atomic E-state index is 12.5. The highest BCUT2D eigenvalue weighted by Gasteiger charge is 2.16. The number of aryl methyl sites for hydroxylation is 3. The summed E-state index contributed by atoms with van der Waals surface area (Å²) in [5.41, 5.74) is 8.41. The van der Waals surface area contributed by atoms with Gasteiger partial charge >= 0.3 is 0 Å². The van der Waals surface area contributed by atoms with E-state index in [0.29, 0.717) is 12.1 Å². The first kappa shape index (κ1) is 18.5. The van der Waals surface area contributed by atoms with E-state index in [-0.39, 0.29) is 5.91 Å². The molecule has 1 N–H and O–H groups in total. The Labute approximate surface area is 167 Å². The second-order valence-corrected chi connectivity index (χ2v) is 7.87. The van der Waals surface area contributed by atoms with Crippen molar-refractivity contribution in [2.45, 2.75) is 52.5 Å². The van der Waals surface area contributed by atoms with Crippen LogP contribution in [0.25, 0.3) is 5.69 Å². The molecule has 3 aromatic rings. The van der Waals surface area contributed by atoms with Crippen molar-refractivity contribution in [2.24, 2.45) is 0 Å². The molecule has 0 unspecified atom stereocenters. The molecular formula is C25H28N2O. The molecule has 1 heterocycles. The Hall–Kier alpha value is -2.81. The second kappa shape index (κ2) is 8.05. The Morgan fingerprint density at radius 3 is 2.39 bits per heavy atom. The first-order valence-electron chi connectivity index (χ1n) is 10.3. The van der Waals surface area contributed by atoms with Crippen molar-refractivity contribution in [3.05, 3.63) is 88.2 Å². The molecule has 28 heavy (non-hydrogen) atoms. The smallest absolute Gasteiger partial charge is 0.251 e. The van der Waals surface area contributed by atoms with E-state index in [9.17, 15) is 4.79 Å². The summed E-state index contributed by atoms with van der Waals surface area (Å²) in [6.45, 7) is 4.79. The molecule has 0 saturated heterocycles. The van der Waals surface area contributed by atoms with Crippen LogP contribution in [0.15, 0.2) is 54.6 Å². The average Bonchev–Trinajstić information content (AvgIpc) is 2.86. The number of nitrogens with zero attached hydrogens (tertiary/aromatic N) is 1. The highest BCUT2D eigenvalue weighted by atomic mass is 16.1. The monoisotopic (exact) mass is 372 g/mol. The predicted octanol–water partition coefficient (Wildman–Crippen LogP) is 5.29. The standard InChI is InChI=1S/C25H28N2O/c1-18-8-10-20(11-9-18)17-26-25(28)21-12-14-23(15-13-21)27-19(2)16-22-6-4-3-5-7-24(22)27/h8-16H,3-7,17H2,1-2H3,(H,26,28). The van der Waals surface area contributed by atoms with Crippen LogP contribution >= 0.6 is 0 Å². The van der Waals surface area contributed by atoms with Crippen LogP contribution in [0.4, 0.5) is 0 Å². The van der Waals surface area contributed by atoms with Crippen LogP contribution < -0.4 is 5.32 Å². The van der Waals surface area contributed by atoms with E-state index in [1.807, 2.05) is 12.1 Å². The first-order valence-corrected chi connectivity index (χ1v) is 10.3. The number of hydrogen-bond donors (Lipinski definition) is 1. The van der Waals surface area contributed by atoms with Crippen molar-refractivity contribution in [1.82, 2.24) is 9.88 Å². The minimum Gasteiger partial charge on any atom is -0.348 e. The lowest BCUT2D eigenvalue weighted by molar-refractivity contribution is 0.0951. The number of benzene rings is 2. The zero-order valence-electron chi connectivity index (χ0n) is 16.8. The fourth-order valence-electron chi connectivity index (χ4n) is 4.14. The minimum atomic E-state index is -0.0322. The maximum Gasteiger partial charge on any atom is 0.251 e. The molecule has 1 aliphatic rings. The Bertz CT molecular complexity index is 965. The highest BCUT2D eigenvalue weighted by molar-refractivity contribution is 5.94. The number of carbonyl (C=O) groups excluding carboxylic acids is 1. The lowest BCUT2D eigenvalue weighted by Gasteiger charge is -2.13. The molecule has 0 fully saturated rings. The Morgan fingerprint density at radius 2 is 1.64 bits per heavy atom. The lowest BCUT2D eigenvalue weighted by atomic mass is 10.1. The summed E-state index contributed by atoms with van der Waals surface area (Å²) >= 11 is 0. The normalized spacial score (nSPS) is 13.6. The summed E-state index contributed by atoms with van der Waals surface area (Å²) in [6.07, 6.45) is 6.19. The lowest BCUT2D eigenvalue weighted by Crippen LogP contribution is -2.22. The molecular weight excluding hydrogens is 344 g/mol. The van der Waals surface area contributed by atoms with Crippen molar-refractivity contribution < 1.29 is 4.79 Å². The summed E-state index contributed by atoms with van der Waals surface area (Å²) in [4.78, 5) is 12.5. The summed E-state index contributed by atoms with van der Waals surface area (Å²) in [5.74, 6) is -0.0322. The average molecular weight is 373 g/mol. The van der Waals surface area contributed by atoms with Gasteiger partial charge < -0.3 is 9.88 Å². The molecule has 3 nitrogen and oxygen atoms in total. The van der Waals surface area contributed by atoms with Gasteiger partial charge in [-0.3, -0.25) is 4.79 Å². The van der Waals surface area contributed by atoms with Crippen molar-refractivity contribution in [3.8, 4) is 5.69 Å². The van der Waals surface area contributed by atoms with Gasteiger partial charge in [0.15, 0.2) is 0 Å². The molecule has 4 rings (SSSR count). The van der Waals surface area contributed by atoms with Crippen LogP contribution in [0.1, 0.15) is 57.7 Å². The number of aromatic nitrogens is 1. The number of fused-ring (bicyclic) bond motifs is 1. The molecule has 0 spiro atoms. The van der Waals surface area contributed by atoms with Gasteiger partial charge in [0, 0.05) is 29.2 Å². The molecule has 1 aromatic heterocycles. The van der Waals surface area contributed by atoms with Crippen LogP contribution in [0.2, 0.25) is 0 Å². The largest absolute Gasteiger partial charge is 0.348 e. The number of rotatable bonds is 4.